The van der Waals surface area contributed by atoms with Crippen molar-refractivity contribution in [2.24, 2.45) is 0 Å². The molecule has 33 heavy (non-hydrogen) atoms. The number of rotatable bonds is 8. The number of alkyl halides is 4. The first-order valence-corrected chi connectivity index (χ1v) is 12.8. The Hall–Kier alpha value is -0.880. The molecule has 0 aromatic carbocycles. The maximum absolute atomic E-state index is 15.0. The quantitative estimate of drug-likeness (QED) is 0.172. The number of hydrogen-bond acceptors (Lipinski definition) is 10. The molecule has 1 aromatic rings. The highest BCUT2D eigenvalue weighted by molar-refractivity contribution is 7.71. The number of hydrogen-bond donors (Lipinski definition) is 5. The van der Waals surface area contributed by atoms with Crippen molar-refractivity contribution in [3.63, 3.8) is 0 Å². The van der Waals surface area contributed by atoms with Crippen molar-refractivity contribution in [2.75, 3.05) is 12.3 Å². The summed E-state index contributed by atoms with van der Waals surface area (Å²) in [5.74, 6) is -2.16. The summed E-state index contributed by atoms with van der Waals surface area (Å²) in [6.45, 7) is -1.39. The molecule has 0 aliphatic carbocycles. The third-order valence-corrected chi connectivity index (χ3v) is 7.84. The van der Waals surface area contributed by atoms with Gasteiger partial charge in [0.2, 0.25) is 4.77 Å². The summed E-state index contributed by atoms with van der Waals surface area (Å²) in [5, 5.41) is 0. The van der Waals surface area contributed by atoms with Crippen LogP contribution in [0.2, 0.25) is 0 Å². The van der Waals surface area contributed by atoms with Gasteiger partial charge in [0, 0.05) is 12.6 Å². The zero-order valence-electron chi connectivity index (χ0n) is 15.4. The molecule has 6 N–H and O–H groups in total. The maximum Gasteiger partial charge on any atom is 0.490 e. The molecule has 1 aliphatic heterocycles. The number of anilines is 1. The van der Waals surface area contributed by atoms with Gasteiger partial charge in [-0.3, -0.25) is 9.09 Å². The Kier molecular flexibility index (Phi) is 7.99. The summed E-state index contributed by atoms with van der Waals surface area (Å²) in [4.78, 5) is 38.5. The smallest absolute Gasteiger partial charge is 0.381 e. The van der Waals surface area contributed by atoms with E-state index in [2.05, 4.69) is 30.3 Å². The SMILES string of the molecule is Nc1nc(=S)n(C2OC(COP(=O)(O)OP(=O)(O)OP(=O)(O)O)CC2(F)C(F)(F)F)cc1F. The number of phosphoric acid groups is 3. The highest BCUT2D eigenvalue weighted by Crippen LogP contribution is 2.66. The van der Waals surface area contributed by atoms with Crippen LogP contribution in [0.5, 0.6) is 0 Å². The van der Waals surface area contributed by atoms with E-state index in [-0.39, 0.29) is 4.57 Å². The molecule has 190 valence electrons. The standard InChI is InChI=1S/C10H13F5N3O11P3S/c11-5-2-18(8(33)17-6(5)16)7-9(12,10(13,14)15)1-4(27-7)3-26-31(22,23)29-32(24,25)28-30(19,20)21/h2,4,7H,1,3H2,(H,22,23)(H,24,25)(H2,16,17,33)(H2,19,20,21). The highest BCUT2D eigenvalue weighted by atomic mass is 32.1. The van der Waals surface area contributed by atoms with E-state index in [4.69, 9.17) is 25.2 Å². The number of halogens is 5. The fourth-order valence-electron chi connectivity index (χ4n) is 2.52. The van der Waals surface area contributed by atoms with Crippen molar-refractivity contribution >= 4 is 41.5 Å². The molecule has 2 heterocycles. The van der Waals surface area contributed by atoms with Gasteiger partial charge in [-0.15, -0.1) is 0 Å². The number of nitrogen functional groups attached to an aromatic ring is 1. The first kappa shape index (κ1) is 28.4. The van der Waals surface area contributed by atoms with Crippen LogP contribution in [-0.4, -0.2) is 53.7 Å². The lowest BCUT2D eigenvalue weighted by Gasteiger charge is -2.29. The molecule has 1 saturated heterocycles. The second-order valence-corrected chi connectivity index (χ2v) is 11.0. The van der Waals surface area contributed by atoms with Crippen molar-refractivity contribution in [1.82, 2.24) is 9.55 Å². The Bertz CT molecular complexity index is 1110. The van der Waals surface area contributed by atoms with E-state index in [1.54, 1.807) is 0 Å². The normalized spacial score (nSPS) is 27.8. The molecule has 0 bridgehead atoms. The van der Waals surface area contributed by atoms with Crippen molar-refractivity contribution in [1.29, 1.82) is 0 Å². The molecule has 14 nitrogen and oxygen atoms in total. The monoisotopic (exact) mass is 571 g/mol. The van der Waals surface area contributed by atoms with E-state index >= 15 is 4.39 Å². The highest BCUT2D eigenvalue weighted by Gasteiger charge is 2.67. The van der Waals surface area contributed by atoms with Gasteiger partial charge in [0.1, 0.15) is 0 Å². The van der Waals surface area contributed by atoms with Crippen LogP contribution in [0, 0.1) is 10.6 Å². The van der Waals surface area contributed by atoms with Crippen molar-refractivity contribution < 1.29 is 73.1 Å². The number of nitrogens with two attached hydrogens (primary N) is 1. The molecule has 0 amide bonds. The van der Waals surface area contributed by atoms with Gasteiger partial charge in [-0.05, 0) is 12.2 Å². The average Bonchev–Trinajstić information content (AvgIpc) is 2.91. The molecule has 0 saturated carbocycles. The lowest BCUT2D eigenvalue weighted by atomic mass is 9.99. The number of ether oxygens (including phenoxy) is 1. The third kappa shape index (κ3) is 7.06. The van der Waals surface area contributed by atoms with Gasteiger partial charge < -0.3 is 30.0 Å². The average molecular weight is 571 g/mol. The van der Waals surface area contributed by atoms with Crippen LogP contribution in [0.3, 0.4) is 0 Å². The molecule has 1 aromatic heterocycles. The van der Waals surface area contributed by atoms with Crippen LogP contribution in [0.4, 0.5) is 27.8 Å². The Morgan fingerprint density at radius 1 is 1.24 bits per heavy atom. The predicted molar refractivity (Wildman–Crippen MR) is 95.7 cm³/mol. The van der Waals surface area contributed by atoms with Crippen LogP contribution in [0.1, 0.15) is 12.6 Å². The number of nitrogens with zero attached hydrogens (tertiary/aromatic N) is 2. The van der Waals surface area contributed by atoms with Gasteiger partial charge >= 0.3 is 29.6 Å². The minimum atomic E-state index is -5.90. The second kappa shape index (κ2) is 9.29. The molecule has 1 aliphatic rings. The van der Waals surface area contributed by atoms with Crippen molar-refractivity contribution in [3.05, 3.63) is 16.8 Å². The van der Waals surface area contributed by atoms with Gasteiger partial charge in [-0.2, -0.15) is 26.8 Å². The lowest BCUT2D eigenvalue weighted by molar-refractivity contribution is -0.256. The van der Waals surface area contributed by atoms with E-state index in [9.17, 15) is 36.2 Å². The van der Waals surface area contributed by atoms with E-state index in [0.29, 0.717) is 6.20 Å². The summed E-state index contributed by atoms with van der Waals surface area (Å²) in [6, 6.07) is 0. The Balaban J connectivity index is 2.24. The molecule has 5 atom stereocenters. The topological polar surface area (TPSA) is 213 Å². The van der Waals surface area contributed by atoms with Crippen molar-refractivity contribution in [2.45, 2.75) is 30.6 Å². The zero-order valence-corrected chi connectivity index (χ0v) is 18.9. The fourth-order valence-corrected chi connectivity index (χ4v) is 5.81. The lowest BCUT2D eigenvalue weighted by Crippen LogP contribution is -2.45. The molecule has 5 unspecified atom stereocenters. The van der Waals surface area contributed by atoms with Gasteiger partial charge in [0.15, 0.2) is 17.9 Å². The van der Waals surface area contributed by atoms with Gasteiger partial charge in [-0.1, -0.05) is 0 Å². The fraction of sp³-hybridized carbons (Fsp3) is 0.600. The summed E-state index contributed by atoms with van der Waals surface area (Å²) < 4.78 is 118. The zero-order chi connectivity index (χ0) is 25.6. The second-order valence-electron chi connectivity index (χ2n) is 6.23. The Labute approximate surface area is 184 Å². The molecule has 2 rings (SSSR count). The summed E-state index contributed by atoms with van der Waals surface area (Å²) in [7, 11) is -17.3. The molecule has 0 spiro atoms. The Morgan fingerprint density at radius 2 is 1.82 bits per heavy atom. The van der Waals surface area contributed by atoms with Crippen LogP contribution in [0.15, 0.2) is 6.20 Å². The van der Waals surface area contributed by atoms with E-state index in [0.717, 1.165) is 0 Å². The number of aromatic nitrogens is 2. The molecule has 23 heteroatoms. The minimum Gasteiger partial charge on any atom is -0.381 e. The summed E-state index contributed by atoms with van der Waals surface area (Å²) in [5.41, 5.74) is 0.885. The number of phosphoric ester groups is 1. The van der Waals surface area contributed by atoms with Gasteiger partial charge in [-0.25, -0.2) is 22.5 Å². The van der Waals surface area contributed by atoms with E-state index in [1.807, 2.05) is 0 Å². The minimum absolute atomic E-state index is 0.166. The molecular formula is C10H13F5N3O11P3S. The predicted octanol–water partition coefficient (Wildman–Crippen LogP) is 2.24. The van der Waals surface area contributed by atoms with E-state index in [1.165, 1.54) is 0 Å². The van der Waals surface area contributed by atoms with Crippen LogP contribution < -0.4 is 5.73 Å². The van der Waals surface area contributed by atoms with Crippen LogP contribution in [0.25, 0.3) is 0 Å². The van der Waals surface area contributed by atoms with Gasteiger partial charge in [0.25, 0.3) is 5.67 Å². The third-order valence-electron chi connectivity index (χ3n) is 3.73. The van der Waals surface area contributed by atoms with Crippen molar-refractivity contribution in [3.8, 4) is 0 Å². The Morgan fingerprint density at radius 3 is 2.33 bits per heavy atom. The molecular weight excluding hydrogens is 558 g/mol. The first-order chi connectivity index (χ1) is 14.7. The van der Waals surface area contributed by atoms with Crippen LogP contribution >= 0.6 is 35.7 Å². The summed E-state index contributed by atoms with van der Waals surface area (Å²) in [6.07, 6.45) is -11.6. The maximum atomic E-state index is 15.0. The summed E-state index contributed by atoms with van der Waals surface area (Å²) >= 11 is 4.65. The van der Waals surface area contributed by atoms with Gasteiger partial charge in [0.05, 0.1) is 12.7 Å². The van der Waals surface area contributed by atoms with E-state index < -0.39 is 77.1 Å². The molecule has 0 radical (unpaired) electrons. The largest absolute Gasteiger partial charge is 0.490 e. The molecule has 1 fully saturated rings. The first-order valence-electron chi connectivity index (χ1n) is 7.89. The van der Waals surface area contributed by atoms with Crippen LogP contribution in [-0.2, 0) is 31.6 Å².